The Morgan fingerprint density at radius 2 is 1.64 bits per heavy atom. The van der Waals surface area contributed by atoms with Crippen molar-refractivity contribution in [3.8, 4) is 0 Å². The van der Waals surface area contributed by atoms with E-state index in [0.717, 1.165) is 0 Å². The summed E-state index contributed by atoms with van der Waals surface area (Å²) in [5.74, 6) is -13.1. The average molecular weight is 176 g/mol. The Bertz CT molecular complexity index is 168. The molecule has 0 aliphatic carbocycles. The summed E-state index contributed by atoms with van der Waals surface area (Å²) in [6.07, 6.45) is 0. The van der Waals surface area contributed by atoms with Gasteiger partial charge in [0, 0.05) is 0 Å². The van der Waals surface area contributed by atoms with Crippen molar-refractivity contribution in [3.05, 3.63) is 0 Å². The molecule has 65 valence electrons. The number of carbonyl (C=O) groups excluding carboxylic acids is 1. The number of hydrogen-bond donors (Lipinski definition) is 0. The highest BCUT2D eigenvalue weighted by atomic mass is 19.3. The maximum absolute atomic E-state index is 11.8. The van der Waals surface area contributed by atoms with Crippen LogP contribution in [-0.4, -0.2) is 24.4 Å². The van der Waals surface area contributed by atoms with Gasteiger partial charge in [0.15, 0.2) is 6.67 Å². The molecule has 1 N–H and O–H groups in total. The predicted molar refractivity (Wildman–Crippen MR) is 24.0 cm³/mol. The quantitative estimate of drug-likeness (QED) is 0.592. The Balaban J connectivity index is 4.67. The zero-order valence-electron chi connectivity index (χ0n) is 5.01. The fourth-order valence-electron chi connectivity index (χ4n) is 0.250. The summed E-state index contributed by atoms with van der Waals surface area (Å²) in [6, 6.07) is 0. The summed E-state index contributed by atoms with van der Waals surface area (Å²) in [7, 11) is 0. The molecule has 1 radical (unpaired) electrons. The van der Waals surface area contributed by atoms with Crippen LogP contribution in [0.15, 0.2) is 0 Å². The van der Waals surface area contributed by atoms with E-state index in [1.165, 1.54) is 0 Å². The molecule has 0 spiro atoms. The minimum atomic E-state index is -5.23. The third kappa shape index (κ3) is 1.58. The zero-order chi connectivity index (χ0) is 9.28. The van der Waals surface area contributed by atoms with Crippen LogP contribution in [0.1, 0.15) is 0 Å². The minimum absolute atomic E-state index is 2.66. The lowest BCUT2D eigenvalue weighted by Crippen LogP contribution is -2.49. The van der Waals surface area contributed by atoms with Gasteiger partial charge >= 0.3 is 17.8 Å². The number of alkyl halides is 5. The van der Waals surface area contributed by atoms with E-state index in [4.69, 9.17) is 5.73 Å². The van der Waals surface area contributed by atoms with Crippen molar-refractivity contribution in [2.45, 2.75) is 11.8 Å². The molecule has 0 unspecified atom stereocenters. The largest absolute Gasteiger partial charge is 0.390 e. The number of carbonyl (C=O) groups is 1. The summed E-state index contributed by atoms with van der Waals surface area (Å²) >= 11 is 0. The van der Waals surface area contributed by atoms with E-state index in [2.05, 4.69) is 0 Å². The average Bonchev–Trinajstić information content (AvgIpc) is 1.87. The van der Waals surface area contributed by atoms with Crippen molar-refractivity contribution >= 4 is 5.91 Å². The van der Waals surface area contributed by atoms with Crippen molar-refractivity contribution < 1.29 is 26.7 Å². The van der Waals surface area contributed by atoms with Crippen LogP contribution in [-0.2, 0) is 4.79 Å². The molecular weight excluding hydrogens is 173 g/mol. The molecule has 0 saturated heterocycles. The first-order valence-corrected chi connectivity index (χ1v) is 2.33. The number of halogens is 5. The predicted octanol–water partition coefficient (Wildman–Crippen LogP) is 1.04. The lowest BCUT2D eigenvalue weighted by Gasteiger charge is -2.19. The van der Waals surface area contributed by atoms with Gasteiger partial charge < -0.3 is 0 Å². The Kier molecular flexibility index (Phi) is 2.42. The summed E-state index contributed by atoms with van der Waals surface area (Å²) < 4.78 is 58.2. The van der Waals surface area contributed by atoms with Crippen LogP contribution in [0.3, 0.4) is 0 Å². The van der Waals surface area contributed by atoms with Gasteiger partial charge in [-0.25, -0.2) is 4.39 Å². The van der Waals surface area contributed by atoms with Gasteiger partial charge in [-0.3, -0.25) is 10.5 Å². The molecule has 0 bridgehead atoms. The number of hydrogen-bond acceptors (Lipinski definition) is 1. The zero-order valence-corrected chi connectivity index (χ0v) is 5.01. The molecule has 0 heterocycles. The molecule has 0 saturated carbocycles. The van der Waals surface area contributed by atoms with Crippen molar-refractivity contribution in [2.24, 2.45) is 0 Å². The van der Waals surface area contributed by atoms with Gasteiger partial charge in [-0.05, 0) is 0 Å². The van der Waals surface area contributed by atoms with Crippen LogP contribution >= 0.6 is 0 Å². The van der Waals surface area contributed by atoms with Crippen molar-refractivity contribution in [3.63, 3.8) is 0 Å². The minimum Gasteiger partial charge on any atom is -0.266 e. The van der Waals surface area contributed by atoms with Crippen LogP contribution in [0.5, 0.6) is 0 Å². The highest BCUT2D eigenvalue weighted by molar-refractivity contribution is 5.82. The van der Waals surface area contributed by atoms with Gasteiger partial charge in [0.05, 0.1) is 0 Å². The Hall–Kier alpha value is -0.880. The van der Waals surface area contributed by atoms with E-state index < -0.39 is 24.4 Å². The number of rotatable bonds is 3. The molecule has 0 fully saturated rings. The lowest BCUT2D eigenvalue weighted by atomic mass is 10.2. The normalized spacial score (nSPS) is 13.2. The van der Waals surface area contributed by atoms with Crippen molar-refractivity contribution in [2.75, 3.05) is 6.67 Å². The molecule has 11 heavy (non-hydrogen) atoms. The van der Waals surface area contributed by atoms with Crippen LogP contribution < -0.4 is 5.73 Å². The van der Waals surface area contributed by atoms with Gasteiger partial charge in [-0.15, -0.1) is 0 Å². The molecule has 0 aliphatic heterocycles. The van der Waals surface area contributed by atoms with E-state index in [0.29, 0.717) is 0 Å². The third-order valence-corrected chi connectivity index (χ3v) is 0.912. The van der Waals surface area contributed by atoms with Crippen LogP contribution in [0.25, 0.3) is 0 Å². The van der Waals surface area contributed by atoms with Crippen LogP contribution in [0.2, 0.25) is 0 Å². The van der Waals surface area contributed by atoms with E-state index in [1.54, 1.807) is 0 Å². The fraction of sp³-hybridized carbons (Fsp3) is 0.750. The second-order valence-electron chi connectivity index (χ2n) is 1.74. The smallest absolute Gasteiger partial charge is 0.266 e. The summed E-state index contributed by atoms with van der Waals surface area (Å²) in [6.45, 7) is -2.66. The second kappa shape index (κ2) is 2.63. The first-order chi connectivity index (χ1) is 4.75. The van der Waals surface area contributed by atoms with E-state index in [9.17, 15) is 26.7 Å². The van der Waals surface area contributed by atoms with E-state index in [1.807, 2.05) is 0 Å². The first-order valence-electron chi connectivity index (χ1n) is 2.33. The lowest BCUT2D eigenvalue weighted by molar-refractivity contribution is -0.212. The van der Waals surface area contributed by atoms with E-state index >= 15 is 0 Å². The molecule has 0 aromatic rings. The van der Waals surface area contributed by atoms with E-state index in [-0.39, 0.29) is 0 Å². The highest BCUT2D eigenvalue weighted by Crippen LogP contribution is 2.34. The highest BCUT2D eigenvalue weighted by Gasteiger charge is 2.61. The Labute approximate surface area is 58.2 Å². The summed E-state index contributed by atoms with van der Waals surface area (Å²) in [5.41, 5.74) is 5.70. The van der Waals surface area contributed by atoms with Crippen LogP contribution in [0, 0.1) is 0 Å². The number of nitrogens with one attached hydrogen (secondary N) is 1. The number of amides is 1. The SMILES string of the molecule is [NH]C(=O)C(F)(F)C(F)(F)CF. The maximum Gasteiger partial charge on any atom is 0.390 e. The molecule has 7 heteroatoms. The first kappa shape index (κ1) is 10.1. The van der Waals surface area contributed by atoms with Crippen LogP contribution in [0.4, 0.5) is 22.0 Å². The van der Waals surface area contributed by atoms with Gasteiger partial charge in [-0.1, -0.05) is 0 Å². The molecule has 0 rings (SSSR count). The molecule has 0 aliphatic rings. The molecular formula is C4H3F5NO. The summed E-state index contributed by atoms with van der Waals surface area (Å²) in [5, 5.41) is 0. The monoisotopic (exact) mass is 176 g/mol. The Morgan fingerprint density at radius 3 is 1.73 bits per heavy atom. The van der Waals surface area contributed by atoms with Gasteiger partial charge in [-0.2, -0.15) is 17.6 Å². The molecule has 0 atom stereocenters. The standard InChI is InChI=1S/C4H3F5NO/c5-1-3(6,7)4(8,9)2(10)11/h10H,1H2. The van der Waals surface area contributed by atoms with Gasteiger partial charge in [0.2, 0.25) is 0 Å². The molecule has 0 aromatic heterocycles. The summed E-state index contributed by atoms with van der Waals surface area (Å²) in [4.78, 5) is 9.54. The van der Waals surface area contributed by atoms with Crippen molar-refractivity contribution in [1.82, 2.24) is 5.73 Å². The van der Waals surface area contributed by atoms with Crippen molar-refractivity contribution in [1.29, 1.82) is 0 Å². The molecule has 2 nitrogen and oxygen atoms in total. The fourth-order valence-corrected chi connectivity index (χ4v) is 0.250. The molecule has 0 aromatic carbocycles. The van der Waals surface area contributed by atoms with Gasteiger partial charge in [0.1, 0.15) is 0 Å². The Morgan fingerprint density at radius 1 is 1.27 bits per heavy atom. The third-order valence-electron chi connectivity index (χ3n) is 0.912. The second-order valence-corrected chi connectivity index (χ2v) is 1.74. The topological polar surface area (TPSA) is 40.9 Å². The molecule has 1 amide bonds. The maximum atomic E-state index is 11.8. The van der Waals surface area contributed by atoms with Gasteiger partial charge in [0.25, 0.3) is 0 Å².